The quantitative estimate of drug-likeness (QED) is 0.0272. The molecule has 3 atom stereocenters. The molecule has 0 heterocycles. The van der Waals surface area contributed by atoms with Crippen LogP contribution in [0.1, 0.15) is 290 Å². The number of hydrogen-bond donors (Lipinski definition) is 2. The van der Waals surface area contributed by atoms with Crippen molar-refractivity contribution in [1.29, 1.82) is 0 Å². The van der Waals surface area contributed by atoms with E-state index in [1.54, 1.807) is 6.08 Å². The average molecular weight is 1020 g/mol. The van der Waals surface area contributed by atoms with Gasteiger partial charge in [0, 0.05) is 6.42 Å². The van der Waals surface area contributed by atoms with E-state index in [-0.39, 0.29) is 12.5 Å². The van der Waals surface area contributed by atoms with E-state index < -0.39 is 26.6 Å². The Balaban J connectivity index is 4.23. The smallest absolute Gasteiger partial charge is 0.268 e. The highest BCUT2D eigenvalue weighted by molar-refractivity contribution is 7.45. The fraction of sp³-hybridized carbons (Fsp3) is 0.855. The van der Waals surface area contributed by atoms with Crippen molar-refractivity contribution in [3.05, 3.63) is 48.6 Å². The molecule has 0 radical (unpaired) electrons. The maximum atomic E-state index is 13.0. The van der Waals surface area contributed by atoms with E-state index in [9.17, 15) is 19.4 Å². The topological polar surface area (TPSA) is 108 Å². The van der Waals surface area contributed by atoms with Crippen LogP contribution in [0.5, 0.6) is 0 Å². The van der Waals surface area contributed by atoms with E-state index in [1.165, 1.54) is 225 Å². The first-order valence-corrected chi connectivity index (χ1v) is 32.0. The zero-order valence-corrected chi connectivity index (χ0v) is 48.6. The molecule has 0 aliphatic heterocycles. The van der Waals surface area contributed by atoms with Crippen molar-refractivity contribution in [3.63, 3.8) is 0 Å². The third kappa shape index (κ3) is 56.0. The fourth-order valence-corrected chi connectivity index (χ4v) is 9.67. The predicted octanol–water partition coefficient (Wildman–Crippen LogP) is 18.1. The zero-order valence-electron chi connectivity index (χ0n) is 47.7. The van der Waals surface area contributed by atoms with Crippen molar-refractivity contribution in [2.75, 3.05) is 40.9 Å². The molecule has 0 saturated heterocycles. The zero-order chi connectivity index (χ0) is 52.0. The molecule has 1 amide bonds. The Hall–Kier alpha value is -1.54. The van der Waals surface area contributed by atoms with E-state index in [4.69, 9.17) is 9.05 Å². The summed E-state index contributed by atoms with van der Waals surface area (Å²) >= 11 is 0. The Morgan fingerprint density at radius 3 is 1.14 bits per heavy atom. The molecule has 71 heavy (non-hydrogen) atoms. The number of rotatable bonds is 56. The predicted molar refractivity (Wildman–Crippen MR) is 307 cm³/mol. The summed E-state index contributed by atoms with van der Waals surface area (Å²) in [5.41, 5.74) is 0. The van der Waals surface area contributed by atoms with Crippen LogP contribution in [0.4, 0.5) is 0 Å². The second-order valence-corrected chi connectivity index (χ2v) is 23.4. The van der Waals surface area contributed by atoms with E-state index in [0.29, 0.717) is 17.4 Å². The minimum Gasteiger partial charge on any atom is -0.756 e. The van der Waals surface area contributed by atoms with Crippen LogP contribution in [0, 0.1) is 0 Å². The lowest BCUT2D eigenvalue weighted by molar-refractivity contribution is -0.870. The normalized spacial score (nSPS) is 14.2. The van der Waals surface area contributed by atoms with Crippen LogP contribution >= 0.6 is 7.82 Å². The Labute approximate surface area is 441 Å². The summed E-state index contributed by atoms with van der Waals surface area (Å²) < 4.78 is 23.4. The van der Waals surface area contributed by atoms with Crippen molar-refractivity contribution < 1.29 is 32.9 Å². The highest BCUT2D eigenvalue weighted by atomic mass is 31.2. The van der Waals surface area contributed by atoms with Crippen LogP contribution in [-0.4, -0.2) is 68.5 Å². The van der Waals surface area contributed by atoms with Gasteiger partial charge in [0.05, 0.1) is 39.9 Å². The van der Waals surface area contributed by atoms with Gasteiger partial charge in [0.25, 0.3) is 7.82 Å². The fourth-order valence-electron chi connectivity index (χ4n) is 8.95. The number of carbonyl (C=O) groups is 1. The molecular formula is C62H119N2O6P. The minimum absolute atomic E-state index is 0.00942. The van der Waals surface area contributed by atoms with Crippen molar-refractivity contribution in [3.8, 4) is 0 Å². The number of aliphatic hydroxyl groups excluding tert-OH is 1. The van der Waals surface area contributed by atoms with Crippen molar-refractivity contribution in [2.24, 2.45) is 0 Å². The van der Waals surface area contributed by atoms with Gasteiger partial charge in [-0.2, -0.15) is 0 Å². The average Bonchev–Trinajstić information content (AvgIpc) is 3.33. The minimum atomic E-state index is -4.61. The summed E-state index contributed by atoms with van der Waals surface area (Å²) in [4.78, 5) is 25.5. The van der Waals surface area contributed by atoms with Crippen molar-refractivity contribution >= 4 is 13.7 Å². The van der Waals surface area contributed by atoms with Gasteiger partial charge in [0.1, 0.15) is 13.2 Å². The molecule has 0 aromatic rings. The number of carbonyl (C=O) groups excluding carboxylic acids is 1. The van der Waals surface area contributed by atoms with Crippen LogP contribution in [0.3, 0.4) is 0 Å². The maximum Gasteiger partial charge on any atom is 0.268 e. The van der Waals surface area contributed by atoms with Crippen molar-refractivity contribution in [2.45, 2.75) is 302 Å². The number of nitrogens with zero attached hydrogens (tertiary/aromatic N) is 1. The number of phosphoric acid groups is 1. The number of quaternary nitrogens is 1. The van der Waals surface area contributed by atoms with Crippen LogP contribution < -0.4 is 10.2 Å². The molecule has 418 valence electrons. The standard InChI is InChI=1S/C62H119N2O6P/c1-6-8-10-12-14-16-18-20-22-24-26-28-30-31-32-34-36-38-40-42-44-46-48-50-52-54-56-62(66)63-60(59-70-71(67,68)69-58-57-64(3,4)5)61(65)55-53-51-49-47-45-43-41-39-37-35-33-29-27-25-23-21-19-17-15-13-11-9-7-2/h31-32,37,39,45,47,53,55,60-61,65H,6-30,33-36,38,40-44,46,48-52,54,56-59H2,1-5H3,(H-,63,66,67,68)/b32-31-,39-37+,47-45+,55-53+. The first-order valence-electron chi connectivity index (χ1n) is 30.5. The summed E-state index contributed by atoms with van der Waals surface area (Å²) in [7, 11) is 1.24. The second kappa shape index (κ2) is 53.3. The highest BCUT2D eigenvalue weighted by Gasteiger charge is 2.23. The molecule has 3 unspecified atom stereocenters. The van der Waals surface area contributed by atoms with Gasteiger partial charge in [-0.3, -0.25) is 9.36 Å². The van der Waals surface area contributed by atoms with E-state index in [2.05, 4.69) is 55.6 Å². The van der Waals surface area contributed by atoms with Gasteiger partial charge in [-0.05, 0) is 70.6 Å². The Bertz CT molecular complexity index is 1290. The number of phosphoric ester groups is 1. The number of likely N-dealkylation sites (N-methyl/N-ethyl adjacent to an activating group) is 1. The first kappa shape index (κ1) is 69.5. The molecule has 0 spiro atoms. The van der Waals surface area contributed by atoms with Crippen LogP contribution in [0.2, 0.25) is 0 Å². The maximum absolute atomic E-state index is 13.0. The monoisotopic (exact) mass is 1020 g/mol. The number of amides is 1. The van der Waals surface area contributed by atoms with Gasteiger partial charge >= 0.3 is 0 Å². The number of unbranched alkanes of at least 4 members (excludes halogenated alkanes) is 37. The summed E-state index contributed by atoms with van der Waals surface area (Å²) in [6, 6.07) is -0.912. The van der Waals surface area contributed by atoms with Gasteiger partial charge in [0.15, 0.2) is 0 Å². The van der Waals surface area contributed by atoms with Gasteiger partial charge < -0.3 is 28.8 Å². The Morgan fingerprint density at radius 2 is 0.789 bits per heavy atom. The molecule has 0 aromatic heterocycles. The number of hydrogen-bond acceptors (Lipinski definition) is 6. The number of aliphatic hydroxyl groups is 1. The van der Waals surface area contributed by atoms with Crippen LogP contribution in [0.25, 0.3) is 0 Å². The second-order valence-electron chi connectivity index (χ2n) is 22.0. The summed E-state index contributed by atoms with van der Waals surface area (Å²) in [5.74, 6) is -0.210. The molecule has 0 aromatic carbocycles. The number of allylic oxidation sites excluding steroid dienone is 7. The number of nitrogens with one attached hydrogen (secondary N) is 1. The summed E-state index contributed by atoms with van der Waals surface area (Å²) in [6.07, 6.45) is 70.6. The Morgan fingerprint density at radius 1 is 0.479 bits per heavy atom. The molecule has 0 fully saturated rings. The van der Waals surface area contributed by atoms with Crippen molar-refractivity contribution in [1.82, 2.24) is 5.32 Å². The van der Waals surface area contributed by atoms with Crippen LogP contribution in [-0.2, 0) is 18.4 Å². The lowest BCUT2D eigenvalue weighted by Crippen LogP contribution is -2.45. The third-order valence-corrected chi connectivity index (χ3v) is 14.7. The molecule has 0 aliphatic rings. The molecule has 2 N–H and O–H groups in total. The Kier molecular flexibility index (Phi) is 52.1. The third-order valence-electron chi connectivity index (χ3n) is 13.7. The van der Waals surface area contributed by atoms with E-state index in [0.717, 1.165) is 44.9 Å². The van der Waals surface area contributed by atoms with E-state index in [1.807, 2.05) is 27.2 Å². The van der Waals surface area contributed by atoms with Gasteiger partial charge in [-0.15, -0.1) is 0 Å². The lowest BCUT2D eigenvalue weighted by atomic mass is 10.0. The molecule has 0 saturated carbocycles. The first-order chi connectivity index (χ1) is 34.5. The molecule has 0 bridgehead atoms. The van der Waals surface area contributed by atoms with Crippen LogP contribution in [0.15, 0.2) is 48.6 Å². The molecule has 8 nitrogen and oxygen atoms in total. The highest BCUT2D eigenvalue weighted by Crippen LogP contribution is 2.38. The molecule has 0 aliphatic carbocycles. The molecule has 9 heteroatoms. The van der Waals surface area contributed by atoms with Gasteiger partial charge in [-0.25, -0.2) is 0 Å². The SMILES string of the molecule is CCCCCCCCCCCCCC/C=C\CCCCCCCCCCCCC(=O)NC(COP(=O)([O-])OCC[N+](C)(C)C)C(O)/C=C/CC/C=C/CC/C=C/CCCCCCCCCCCCCCC. The summed E-state index contributed by atoms with van der Waals surface area (Å²) in [6.45, 7) is 4.65. The summed E-state index contributed by atoms with van der Waals surface area (Å²) in [5, 5.41) is 13.9. The molecular weight excluding hydrogens is 900 g/mol. The molecule has 0 rings (SSSR count). The van der Waals surface area contributed by atoms with Gasteiger partial charge in [-0.1, -0.05) is 262 Å². The lowest BCUT2D eigenvalue weighted by Gasteiger charge is -2.29. The largest absolute Gasteiger partial charge is 0.756 e. The van der Waals surface area contributed by atoms with Gasteiger partial charge in [0.2, 0.25) is 5.91 Å². The van der Waals surface area contributed by atoms with E-state index >= 15 is 0 Å².